The maximum absolute atomic E-state index is 8.94. The largest absolute Gasteiger partial charge is 0.379 e. The number of alkyl halides is 1. The van der Waals surface area contributed by atoms with Gasteiger partial charge in [-0.05, 0) is 0 Å². The van der Waals surface area contributed by atoms with Crippen LogP contribution in [0.15, 0.2) is 0 Å². The van der Waals surface area contributed by atoms with Crippen LogP contribution in [0, 0.1) is 11.5 Å². The Balaban J connectivity index is 3.91. The number of hydrogen-bond acceptors (Lipinski definition) is 1. The SMILES string of the molecule is C[Si](C)(C)C#C[C@@H](O)CCl. The van der Waals surface area contributed by atoms with Crippen molar-refractivity contribution in [3.63, 3.8) is 0 Å². The summed E-state index contributed by atoms with van der Waals surface area (Å²) in [7, 11) is -1.32. The fourth-order valence-corrected chi connectivity index (χ4v) is 1.02. The second-order valence-corrected chi connectivity index (χ2v) is 8.25. The highest BCUT2D eigenvalue weighted by atomic mass is 35.5. The van der Waals surface area contributed by atoms with E-state index in [1.54, 1.807) is 0 Å². The summed E-state index contributed by atoms with van der Waals surface area (Å²) in [6.45, 7) is 6.38. The monoisotopic (exact) mass is 176 g/mol. The average Bonchev–Trinajstić information content (AvgIpc) is 1.81. The van der Waals surface area contributed by atoms with Gasteiger partial charge in [-0.1, -0.05) is 25.6 Å². The Morgan fingerprint density at radius 1 is 1.50 bits per heavy atom. The lowest BCUT2D eigenvalue weighted by Gasteiger charge is -2.04. The molecule has 1 nitrogen and oxygen atoms in total. The van der Waals surface area contributed by atoms with Gasteiger partial charge in [0.25, 0.3) is 0 Å². The van der Waals surface area contributed by atoms with Gasteiger partial charge in [-0.25, -0.2) is 0 Å². The number of aliphatic hydroxyl groups is 1. The van der Waals surface area contributed by atoms with Crippen molar-refractivity contribution in [2.45, 2.75) is 25.7 Å². The lowest BCUT2D eigenvalue weighted by Crippen LogP contribution is -2.18. The molecular formula is C7H13ClOSi. The van der Waals surface area contributed by atoms with Crippen LogP contribution < -0.4 is 0 Å². The van der Waals surface area contributed by atoms with E-state index in [4.69, 9.17) is 16.7 Å². The van der Waals surface area contributed by atoms with Gasteiger partial charge < -0.3 is 5.11 Å². The number of rotatable bonds is 1. The predicted molar refractivity (Wildman–Crippen MR) is 47.8 cm³/mol. The molecule has 0 aromatic rings. The lowest BCUT2D eigenvalue weighted by molar-refractivity contribution is 0.256. The van der Waals surface area contributed by atoms with Crippen molar-refractivity contribution in [2.75, 3.05) is 5.88 Å². The minimum Gasteiger partial charge on any atom is -0.379 e. The molecule has 0 aliphatic heterocycles. The van der Waals surface area contributed by atoms with E-state index in [1.807, 2.05) is 0 Å². The van der Waals surface area contributed by atoms with Crippen LogP contribution in [-0.2, 0) is 0 Å². The Hall–Kier alpha value is 0.0269. The van der Waals surface area contributed by atoms with Gasteiger partial charge in [-0.2, -0.15) is 0 Å². The van der Waals surface area contributed by atoms with Crippen LogP contribution in [0.5, 0.6) is 0 Å². The van der Waals surface area contributed by atoms with Gasteiger partial charge in [0, 0.05) is 0 Å². The molecule has 0 spiro atoms. The second kappa shape index (κ2) is 4.02. The summed E-state index contributed by atoms with van der Waals surface area (Å²) in [5, 5.41) is 8.94. The van der Waals surface area contributed by atoms with Crippen molar-refractivity contribution in [1.29, 1.82) is 0 Å². The van der Waals surface area contributed by atoms with Crippen molar-refractivity contribution in [1.82, 2.24) is 0 Å². The highest BCUT2D eigenvalue weighted by Gasteiger charge is 2.08. The number of hydrogen-bond donors (Lipinski definition) is 1. The summed E-state index contributed by atoms with van der Waals surface area (Å²) in [4.78, 5) is 0. The zero-order valence-electron chi connectivity index (χ0n) is 6.61. The van der Waals surface area contributed by atoms with E-state index in [1.165, 1.54) is 0 Å². The topological polar surface area (TPSA) is 20.2 Å². The molecule has 0 fully saturated rings. The van der Waals surface area contributed by atoms with E-state index in [0.717, 1.165) is 0 Å². The molecule has 0 saturated carbocycles. The molecule has 0 aliphatic rings. The standard InChI is InChI=1S/C7H13ClOSi/c1-10(2,3)5-4-7(9)6-8/h7,9H,6H2,1-3H3/t7-/m1/s1. The molecule has 58 valence electrons. The zero-order valence-corrected chi connectivity index (χ0v) is 8.37. The van der Waals surface area contributed by atoms with Crippen molar-refractivity contribution in [3.05, 3.63) is 0 Å². The molecule has 0 rings (SSSR count). The summed E-state index contributed by atoms with van der Waals surface area (Å²) >= 11 is 5.34. The van der Waals surface area contributed by atoms with Gasteiger partial charge in [-0.15, -0.1) is 17.1 Å². The zero-order chi connectivity index (χ0) is 8.20. The van der Waals surface area contributed by atoms with Gasteiger partial charge in [0.05, 0.1) is 5.88 Å². The summed E-state index contributed by atoms with van der Waals surface area (Å²) in [6.07, 6.45) is -0.645. The van der Waals surface area contributed by atoms with Crippen molar-refractivity contribution >= 4 is 19.7 Å². The van der Waals surface area contributed by atoms with E-state index in [9.17, 15) is 0 Å². The highest BCUT2D eigenvalue weighted by molar-refractivity contribution is 6.83. The Kier molecular flexibility index (Phi) is 4.03. The summed E-state index contributed by atoms with van der Waals surface area (Å²) < 4.78 is 0. The first-order chi connectivity index (χ1) is 4.45. The summed E-state index contributed by atoms with van der Waals surface area (Å²) in [6, 6.07) is 0. The maximum Gasteiger partial charge on any atom is 0.129 e. The third kappa shape index (κ3) is 6.15. The van der Waals surface area contributed by atoms with Crippen molar-refractivity contribution in [2.24, 2.45) is 0 Å². The van der Waals surface area contributed by atoms with Crippen LogP contribution in [-0.4, -0.2) is 25.2 Å². The van der Waals surface area contributed by atoms with Gasteiger partial charge in [0.2, 0.25) is 0 Å². The Morgan fingerprint density at radius 2 is 2.00 bits per heavy atom. The van der Waals surface area contributed by atoms with E-state index in [-0.39, 0.29) is 5.88 Å². The molecule has 1 atom stereocenters. The van der Waals surface area contributed by atoms with Crippen molar-refractivity contribution in [3.8, 4) is 11.5 Å². The van der Waals surface area contributed by atoms with Crippen LogP contribution in [0.2, 0.25) is 19.6 Å². The molecule has 1 N–H and O–H groups in total. The third-order valence-electron chi connectivity index (χ3n) is 0.760. The minimum atomic E-state index is -1.32. The first-order valence-corrected chi connectivity index (χ1v) is 7.26. The maximum atomic E-state index is 8.94. The van der Waals surface area contributed by atoms with Gasteiger partial charge in [0.15, 0.2) is 0 Å². The van der Waals surface area contributed by atoms with Gasteiger partial charge >= 0.3 is 0 Å². The predicted octanol–water partition coefficient (Wildman–Crippen LogP) is 1.47. The van der Waals surface area contributed by atoms with E-state index in [2.05, 4.69) is 31.1 Å². The van der Waals surface area contributed by atoms with Gasteiger partial charge in [-0.3, -0.25) is 0 Å². The molecule has 3 heteroatoms. The van der Waals surface area contributed by atoms with Crippen LogP contribution in [0.4, 0.5) is 0 Å². The van der Waals surface area contributed by atoms with E-state index >= 15 is 0 Å². The van der Waals surface area contributed by atoms with E-state index < -0.39 is 14.2 Å². The fourth-order valence-electron chi connectivity index (χ4n) is 0.338. The Morgan fingerprint density at radius 3 is 2.30 bits per heavy atom. The van der Waals surface area contributed by atoms with Crippen LogP contribution in [0.25, 0.3) is 0 Å². The minimum absolute atomic E-state index is 0.206. The molecule has 0 bridgehead atoms. The Labute approximate surface area is 68.4 Å². The molecule has 0 aliphatic carbocycles. The average molecular weight is 177 g/mol. The second-order valence-electron chi connectivity index (χ2n) is 3.19. The fraction of sp³-hybridized carbons (Fsp3) is 0.714. The first-order valence-electron chi connectivity index (χ1n) is 3.22. The highest BCUT2D eigenvalue weighted by Crippen LogP contribution is 1.97. The normalized spacial score (nSPS) is 13.7. The lowest BCUT2D eigenvalue weighted by atomic mass is 10.4. The number of halogens is 1. The number of aliphatic hydroxyl groups excluding tert-OH is 1. The van der Waals surface area contributed by atoms with Gasteiger partial charge in [0.1, 0.15) is 14.2 Å². The smallest absolute Gasteiger partial charge is 0.129 e. The molecule has 0 aromatic heterocycles. The molecule has 0 radical (unpaired) electrons. The summed E-state index contributed by atoms with van der Waals surface area (Å²) in [5.41, 5.74) is 3.03. The quantitative estimate of drug-likeness (QED) is 0.365. The molecule has 0 heterocycles. The molecular weight excluding hydrogens is 164 g/mol. The van der Waals surface area contributed by atoms with Crippen LogP contribution in [0.1, 0.15) is 0 Å². The summed E-state index contributed by atoms with van der Waals surface area (Å²) in [5.74, 6) is 2.91. The van der Waals surface area contributed by atoms with Crippen molar-refractivity contribution < 1.29 is 5.11 Å². The molecule has 0 unspecified atom stereocenters. The third-order valence-corrected chi connectivity index (χ3v) is 1.95. The van der Waals surface area contributed by atoms with Crippen LogP contribution >= 0.6 is 11.6 Å². The molecule has 0 aromatic carbocycles. The molecule has 0 saturated heterocycles. The molecule has 10 heavy (non-hydrogen) atoms. The Bertz CT molecular complexity index is 151. The van der Waals surface area contributed by atoms with Crippen LogP contribution in [0.3, 0.4) is 0 Å². The molecule has 0 amide bonds. The van der Waals surface area contributed by atoms with E-state index in [0.29, 0.717) is 0 Å². The first kappa shape index (κ1) is 10.0.